The third kappa shape index (κ3) is 4.46. The van der Waals surface area contributed by atoms with Gasteiger partial charge in [0.15, 0.2) is 18.5 Å². The van der Waals surface area contributed by atoms with Gasteiger partial charge >= 0.3 is 17.9 Å². The van der Waals surface area contributed by atoms with Crippen molar-refractivity contribution in [1.29, 1.82) is 0 Å². The van der Waals surface area contributed by atoms with Crippen LogP contribution in [0.2, 0.25) is 0 Å². The molecule has 0 bridgehead atoms. The largest absolute Gasteiger partial charge is 0.463 e. The zero-order valence-electron chi connectivity index (χ0n) is 11.8. The van der Waals surface area contributed by atoms with Crippen molar-refractivity contribution in [2.45, 2.75) is 45.4 Å². The van der Waals surface area contributed by atoms with Crippen LogP contribution in [-0.2, 0) is 38.1 Å². The second-order valence-electron chi connectivity index (χ2n) is 4.23. The minimum absolute atomic E-state index is 0.134. The molecule has 0 aromatic heterocycles. The first-order chi connectivity index (χ1) is 9.35. The molecule has 0 aromatic carbocycles. The molecular weight excluding hydrogens is 272 g/mol. The molecule has 0 aliphatic carbocycles. The molecule has 1 saturated heterocycles. The molecule has 1 rings (SSSR count). The average Bonchev–Trinajstić information content (AvgIpc) is 2.63. The highest BCUT2D eigenvalue weighted by molar-refractivity contribution is 5.67. The highest BCUT2D eigenvalue weighted by Gasteiger charge is 2.49. The molecule has 1 fully saturated rings. The fourth-order valence-corrected chi connectivity index (χ4v) is 1.87. The summed E-state index contributed by atoms with van der Waals surface area (Å²) in [5.41, 5.74) is 0. The van der Waals surface area contributed by atoms with Crippen LogP contribution >= 0.6 is 0 Å². The van der Waals surface area contributed by atoms with Crippen molar-refractivity contribution in [2.75, 3.05) is 13.7 Å². The van der Waals surface area contributed by atoms with Crippen LogP contribution in [0.1, 0.15) is 20.8 Å². The van der Waals surface area contributed by atoms with Crippen LogP contribution in [0.3, 0.4) is 0 Å². The van der Waals surface area contributed by atoms with E-state index >= 15 is 0 Å². The maximum atomic E-state index is 11.1. The zero-order chi connectivity index (χ0) is 15.3. The van der Waals surface area contributed by atoms with Gasteiger partial charge in [-0.1, -0.05) is 0 Å². The van der Waals surface area contributed by atoms with Crippen molar-refractivity contribution in [3.8, 4) is 0 Å². The summed E-state index contributed by atoms with van der Waals surface area (Å²) in [4.78, 5) is 33.1. The number of ether oxygens (including phenoxy) is 5. The van der Waals surface area contributed by atoms with E-state index in [0.29, 0.717) is 0 Å². The molecule has 0 spiro atoms. The SMILES string of the molecule is COC1O[C@@H](COC(C)=O)[C@@H](OC(C)=O)[C@H]1OC(C)=O. The summed E-state index contributed by atoms with van der Waals surface area (Å²) < 4.78 is 25.5. The first kappa shape index (κ1) is 16.4. The third-order valence-electron chi connectivity index (χ3n) is 2.55. The Hall–Kier alpha value is -1.67. The Morgan fingerprint density at radius 1 is 0.950 bits per heavy atom. The molecule has 0 aromatic rings. The van der Waals surface area contributed by atoms with Crippen LogP contribution < -0.4 is 0 Å². The van der Waals surface area contributed by atoms with Crippen molar-refractivity contribution in [1.82, 2.24) is 0 Å². The lowest BCUT2D eigenvalue weighted by atomic mass is 10.1. The minimum atomic E-state index is -0.915. The molecule has 1 aliphatic heterocycles. The van der Waals surface area contributed by atoms with Gasteiger partial charge < -0.3 is 23.7 Å². The van der Waals surface area contributed by atoms with Crippen LogP contribution in [-0.4, -0.2) is 56.2 Å². The summed E-state index contributed by atoms with van der Waals surface area (Å²) in [5.74, 6) is -1.63. The molecule has 1 unspecified atom stereocenters. The zero-order valence-corrected chi connectivity index (χ0v) is 11.8. The smallest absolute Gasteiger partial charge is 0.303 e. The second kappa shape index (κ2) is 7.20. The van der Waals surface area contributed by atoms with Crippen LogP contribution in [0.4, 0.5) is 0 Å². The van der Waals surface area contributed by atoms with E-state index in [-0.39, 0.29) is 6.61 Å². The quantitative estimate of drug-likeness (QED) is 0.506. The lowest BCUT2D eigenvalue weighted by Gasteiger charge is -2.22. The van der Waals surface area contributed by atoms with Gasteiger partial charge in [-0.25, -0.2) is 0 Å². The summed E-state index contributed by atoms with van der Waals surface area (Å²) in [5, 5.41) is 0. The van der Waals surface area contributed by atoms with Crippen LogP contribution in [0.5, 0.6) is 0 Å². The van der Waals surface area contributed by atoms with E-state index in [1.807, 2.05) is 0 Å². The Labute approximate surface area is 116 Å². The van der Waals surface area contributed by atoms with Crippen LogP contribution in [0, 0.1) is 0 Å². The van der Waals surface area contributed by atoms with Gasteiger partial charge in [0, 0.05) is 27.9 Å². The van der Waals surface area contributed by atoms with E-state index in [1.165, 1.54) is 27.9 Å². The van der Waals surface area contributed by atoms with Crippen molar-refractivity contribution < 1.29 is 38.1 Å². The highest BCUT2D eigenvalue weighted by atomic mass is 16.7. The second-order valence-corrected chi connectivity index (χ2v) is 4.23. The van der Waals surface area contributed by atoms with E-state index in [0.717, 1.165) is 0 Å². The molecule has 1 aliphatic rings. The van der Waals surface area contributed by atoms with E-state index < -0.39 is 42.5 Å². The van der Waals surface area contributed by atoms with E-state index in [2.05, 4.69) is 0 Å². The summed E-state index contributed by atoms with van der Waals surface area (Å²) in [6.45, 7) is 3.54. The number of hydrogen-bond donors (Lipinski definition) is 0. The molecule has 114 valence electrons. The first-order valence-electron chi connectivity index (χ1n) is 6.01. The van der Waals surface area contributed by atoms with Gasteiger partial charge in [-0.15, -0.1) is 0 Å². The molecule has 0 saturated carbocycles. The fraction of sp³-hybridized carbons (Fsp3) is 0.750. The maximum absolute atomic E-state index is 11.1. The molecule has 8 nitrogen and oxygen atoms in total. The predicted molar refractivity (Wildman–Crippen MR) is 63.4 cm³/mol. The molecule has 8 heteroatoms. The Bertz CT molecular complexity index is 380. The molecule has 4 atom stereocenters. The van der Waals surface area contributed by atoms with Crippen LogP contribution in [0.25, 0.3) is 0 Å². The van der Waals surface area contributed by atoms with Gasteiger partial charge in [0.1, 0.15) is 12.7 Å². The minimum Gasteiger partial charge on any atom is -0.463 e. The van der Waals surface area contributed by atoms with E-state index in [1.54, 1.807) is 0 Å². The number of esters is 3. The number of rotatable bonds is 5. The van der Waals surface area contributed by atoms with Crippen molar-refractivity contribution in [3.05, 3.63) is 0 Å². The number of hydrogen-bond acceptors (Lipinski definition) is 8. The number of methoxy groups -OCH3 is 1. The van der Waals surface area contributed by atoms with Crippen molar-refractivity contribution in [2.24, 2.45) is 0 Å². The summed E-state index contributed by atoms with van der Waals surface area (Å²) in [6.07, 6.45) is -3.48. The van der Waals surface area contributed by atoms with Crippen molar-refractivity contribution >= 4 is 17.9 Å². The Balaban J connectivity index is 2.84. The van der Waals surface area contributed by atoms with Crippen molar-refractivity contribution in [3.63, 3.8) is 0 Å². The van der Waals surface area contributed by atoms with E-state index in [9.17, 15) is 14.4 Å². The van der Waals surface area contributed by atoms with Gasteiger partial charge in [0.2, 0.25) is 0 Å². The predicted octanol–water partition coefficient (Wildman–Crippen LogP) is -0.216. The topological polar surface area (TPSA) is 97.4 Å². The molecule has 1 heterocycles. The van der Waals surface area contributed by atoms with Gasteiger partial charge in [0.05, 0.1) is 0 Å². The van der Waals surface area contributed by atoms with Gasteiger partial charge in [-0.3, -0.25) is 14.4 Å². The average molecular weight is 290 g/mol. The summed E-state index contributed by atoms with van der Waals surface area (Å²) >= 11 is 0. The Kier molecular flexibility index (Phi) is 5.90. The van der Waals surface area contributed by atoms with Gasteiger partial charge in [-0.05, 0) is 0 Å². The molecule has 20 heavy (non-hydrogen) atoms. The summed E-state index contributed by atoms with van der Waals surface area (Å²) in [7, 11) is 1.36. The lowest BCUT2D eigenvalue weighted by Crippen LogP contribution is -2.41. The first-order valence-corrected chi connectivity index (χ1v) is 6.01. The van der Waals surface area contributed by atoms with Gasteiger partial charge in [-0.2, -0.15) is 0 Å². The summed E-state index contributed by atoms with van der Waals surface area (Å²) in [6, 6.07) is 0. The molecule has 0 amide bonds. The van der Waals surface area contributed by atoms with Crippen LogP contribution in [0.15, 0.2) is 0 Å². The third-order valence-corrected chi connectivity index (χ3v) is 2.55. The fourth-order valence-electron chi connectivity index (χ4n) is 1.87. The lowest BCUT2D eigenvalue weighted by molar-refractivity contribution is -0.181. The monoisotopic (exact) mass is 290 g/mol. The van der Waals surface area contributed by atoms with E-state index in [4.69, 9.17) is 23.7 Å². The Morgan fingerprint density at radius 3 is 1.95 bits per heavy atom. The highest BCUT2D eigenvalue weighted by Crippen LogP contribution is 2.27. The standard InChI is InChI=1S/C12H18O8/c1-6(13)17-5-9-10(18-7(2)14)11(19-8(3)15)12(16-4)20-9/h9-12H,5H2,1-4H3/t9-,10+,11+,12?/m0/s1. The molecule has 0 radical (unpaired) electrons. The van der Waals surface area contributed by atoms with Gasteiger partial charge in [0.25, 0.3) is 0 Å². The number of carbonyl (C=O) groups is 3. The molecular formula is C12H18O8. The molecule has 0 N–H and O–H groups in total. The maximum Gasteiger partial charge on any atom is 0.303 e. The Morgan fingerprint density at radius 2 is 1.50 bits per heavy atom. The normalized spacial score (nSPS) is 28.8. The number of carbonyl (C=O) groups excluding carboxylic acids is 3.